The van der Waals surface area contributed by atoms with Crippen LogP contribution in [-0.4, -0.2) is 154 Å². The van der Waals surface area contributed by atoms with Gasteiger partial charge in [-0.1, -0.05) is 18.2 Å². The Morgan fingerprint density at radius 2 is 0.829 bits per heavy atom. The van der Waals surface area contributed by atoms with Crippen LogP contribution in [0.15, 0.2) is 216 Å². The van der Waals surface area contributed by atoms with Crippen LogP contribution in [0.2, 0.25) is 0 Å². The van der Waals surface area contributed by atoms with Crippen molar-refractivity contribution < 1.29 is 226 Å². The van der Waals surface area contributed by atoms with Crippen molar-refractivity contribution >= 4 is 126 Å². The molecule has 2 saturated heterocycles. The van der Waals surface area contributed by atoms with Crippen molar-refractivity contribution in [3.63, 3.8) is 0 Å². The largest absolute Gasteiger partial charge is 1.00 e. The summed E-state index contributed by atoms with van der Waals surface area (Å²) in [5.74, 6) is 8.50. The number of benzene rings is 7. The molecule has 2 fully saturated rings. The molecular weight excluding hydrogens is 1960 g/mol. The Labute approximate surface area is 861 Å². The number of aromatic hydroxyl groups is 1. The van der Waals surface area contributed by atoms with Crippen LogP contribution in [0.1, 0.15) is 90.2 Å². The standard InChI is InChI=1S/C26H25BrN2O3.C25H26BN3O5.C19H20N2O3.C12H24B2O4.C6H5BrClN.CH2O3.2Cs.H/c1-29(16-20-6-8-24(30-2)13-26(20)31-3)23-7-4-19-5-9-25(12-21(19)11-23)32-17-18-10-22(27)15-28-14-18;1-29(15-19-5-7-21(32-2)12-24(19)33-3)25-9-6-18-4-8-22(11-23(18)28-25)34-16-17-10-20(26(30)31)14-27-13-17;1-21(12-14-5-8-16(23-2)11-18(14)24-3)19-9-6-13-4-7-15(22)10-17(13)20-19;1-9(2)10(3,4)16-13(15-9)14-17-11(5,6)12(7,8)18-14;7-6-1-5(2-8)3-9-4-6;2-1-4-3;;;/h4-15H,16-17H2,1-3H3;4-14,30-31H,15-16H2,1-3H3;4-11,22H,12H2,1-3H3;1-8H3;1,3-4H,2H2;1,3H;;;/q;;;;;;2*+1;-1/p-1. The van der Waals surface area contributed by atoms with E-state index in [0.29, 0.717) is 43.3 Å². The predicted molar refractivity (Wildman–Crippen MR) is 481 cm³/mol. The maximum atomic E-state index is 9.63. The van der Waals surface area contributed by atoms with Gasteiger partial charge in [0.1, 0.15) is 76.6 Å². The average molecular weight is 2070 g/mol. The number of fused-ring (bicyclic) bond motifs is 3. The number of carbonyl (C=O) groups is 1. The van der Waals surface area contributed by atoms with E-state index in [9.17, 15) is 15.2 Å². The number of phenols is 1. The first-order valence-electron chi connectivity index (χ1n) is 38.3. The van der Waals surface area contributed by atoms with Crippen molar-refractivity contribution in [3.05, 3.63) is 249 Å². The second-order valence-corrected chi connectivity index (χ2v) is 32.1. The zero-order chi connectivity index (χ0) is 87.8. The van der Waals surface area contributed by atoms with E-state index >= 15 is 0 Å². The number of halogens is 3. The summed E-state index contributed by atoms with van der Waals surface area (Å²) in [6.07, 6.45) is 10.1. The molecule has 34 heteroatoms. The number of rotatable bonds is 25. The zero-order valence-electron chi connectivity index (χ0n) is 73.9. The fourth-order valence-corrected chi connectivity index (χ4v) is 13.3. The fraction of sp³-hybridized carbons (Fsp3) is 0.303. The summed E-state index contributed by atoms with van der Waals surface area (Å²) < 4.78 is 70.0. The number of phenolic OH excluding ortho intramolecular Hbond substituents is 1. The first-order chi connectivity index (χ1) is 57.7. The van der Waals surface area contributed by atoms with Crippen LogP contribution in [0.25, 0.3) is 32.6 Å². The molecule has 638 valence electrons. The molecule has 7 aromatic carbocycles. The molecule has 3 N–H and O–H groups in total. The Morgan fingerprint density at radius 1 is 0.455 bits per heavy atom. The van der Waals surface area contributed by atoms with Crippen LogP contribution in [0.4, 0.5) is 17.3 Å². The van der Waals surface area contributed by atoms with Crippen LogP contribution >= 0.6 is 43.5 Å². The number of aromatic nitrogens is 5. The summed E-state index contributed by atoms with van der Waals surface area (Å²) >= 11 is 12.3. The molecule has 0 saturated carbocycles. The molecule has 0 atom stereocenters. The molecular formula is C89H102B3Br2ClCs2N8O18. The molecule has 12 aromatic rings. The van der Waals surface area contributed by atoms with Crippen LogP contribution in [0.3, 0.4) is 0 Å². The molecule has 0 amide bonds. The summed E-state index contributed by atoms with van der Waals surface area (Å²) in [7, 11) is 13.4. The predicted octanol–water partition coefficient (Wildman–Crippen LogP) is 9.75. The molecule has 2 aliphatic rings. The maximum absolute atomic E-state index is 9.63. The van der Waals surface area contributed by atoms with Gasteiger partial charge in [-0.25, -0.2) is 9.97 Å². The van der Waals surface area contributed by atoms with Gasteiger partial charge in [0.2, 0.25) is 0 Å². The van der Waals surface area contributed by atoms with Crippen LogP contribution in [-0.2, 0) is 67.0 Å². The third-order valence-electron chi connectivity index (χ3n) is 20.4. The van der Waals surface area contributed by atoms with Crippen molar-refractivity contribution in [3.8, 4) is 51.7 Å². The van der Waals surface area contributed by atoms with Gasteiger partial charge in [-0.05, 0) is 225 Å². The normalized spacial score (nSPS) is 13.4. The van der Waals surface area contributed by atoms with Gasteiger partial charge in [0.25, 0.3) is 6.47 Å². The number of nitrogens with zero attached hydrogens (tertiary/aromatic N) is 8. The number of alkyl halides is 1. The van der Waals surface area contributed by atoms with Crippen LogP contribution in [0.5, 0.6) is 51.7 Å². The number of ether oxygens (including phenoxy) is 8. The van der Waals surface area contributed by atoms with E-state index in [1.807, 2.05) is 202 Å². The number of hydrogen-bond acceptors (Lipinski definition) is 26. The number of hydrogen-bond donors (Lipinski definition) is 3. The van der Waals surface area contributed by atoms with Crippen molar-refractivity contribution in [1.82, 2.24) is 24.9 Å². The molecule has 7 heterocycles. The average Bonchev–Trinajstić information content (AvgIpc) is 1.59. The van der Waals surface area contributed by atoms with E-state index in [2.05, 4.69) is 104 Å². The van der Waals surface area contributed by atoms with Gasteiger partial charge in [-0.2, -0.15) is 0 Å². The van der Waals surface area contributed by atoms with Crippen molar-refractivity contribution in [2.45, 2.75) is 117 Å². The first kappa shape index (κ1) is 103. The van der Waals surface area contributed by atoms with Crippen molar-refractivity contribution in [1.29, 1.82) is 0 Å². The molecule has 26 nitrogen and oxygen atoms in total. The topological polar surface area (TPSA) is 295 Å². The molecule has 0 bridgehead atoms. The van der Waals surface area contributed by atoms with E-state index in [1.54, 1.807) is 85.6 Å². The van der Waals surface area contributed by atoms with E-state index in [-0.39, 0.29) is 180 Å². The fourth-order valence-electron chi connectivity index (χ4n) is 12.3. The van der Waals surface area contributed by atoms with Gasteiger partial charge in [0, 0.05) is 173 Å². The minimum atomic E-state index is -1.56. The quantitative estimate of drug-likeness (QED) is 0.0158. The van der Waals surface area contributed by atoms with E-state index in [0.717, 1.165) is 127 Å². The SMILES string of the molecule is CC1(C)OB(B2OC(C)(C)C(C)(C)O2)OC1(C)C.COc1ccc(CN(C)c2ccc3ccc(O)cc3n2)c(OC)c1.COc1ccc(CN(C)c2ccc3ccc(OCc4cncc(B(O)O)c4)cc3n2)c(OC)c1.COc1ccc(CN(C)c2ccc3ccc(OCc4cncc(Br)c4)cc3c2)c(OC)c1.ClCc1cncc(Br)c1.O=CO[O-].[Cs+].[Cs+].[H-]. The van der Waals surface area contributed by atoms with Gasteiger partial charge in [0.15, 0.2) is 0 Å². The van der Waals surface area contributed by atoms with Gasteiger partial charge in [0.05, 0.1) is 76.1 Å². The van der Waals surface area contributed by atoms with E-state index in [1.165, 1.54) is 11.6 Å². The van der Waals surface area contributed by atoms with Crippen molar-refractivity contribution in [2.75, 3.05) is 78.5 Å². The second-order valence-electron chi connectivity index (χ2n) is 30.0. The zero-order valence-corrected chi connectivity index (χ0v) is 89.3. The van der Waals surface area contributed by atoms with Crippen molar-refractivity contribution in [2.24, 2.45) is 0 Å². The van der Waals surface area contributed by atoms with E-state index < -0.39 is 21.1 Å². The molecule has 5 aromatic heterocycles. The summed E-state index contributed by atoms with van der Waals surface area (Å²) in [5.41, 5.74) is 7.51. The third-order valence-corrected chi connectivity index (χ3v) is 21.6. The smallest absolute Gasteiger partial charge is 1.00 e. The summed E-state index contributed by atoms with van der Waals surface area (Å²) in [4.78, 5) is 39.1. The van der Waals surface area contributed by atoms with Gasteiger partial charge in [-0.3, -0.25) is 19.7 Å². The third kappa shape index (κ3) is 29.7. The minimum Gasteiger partial charge on any atom is -1.00 e. The second kappa shape index (κ2) is 49.1. The number of methoxy groups -OCH3 is 6. The first-order valence-corrected chi connectivity index (χ1v) is 40.4. The van der Waals surface area contributed by atoms with Gasteiger partial charge in [-0.15, -0.1) is 11.6 Å². The Kier molecular flexibility index (Phi) is 41.3. The summed E-state index contributed by atoms with van der Waals surface area (Å²) in [6, 6.07) is 54.5. The van der Waals surface area contributed by atoms with Crippen LogP contribution in [0, 0.1) is 0 Å². The number of anilines is 3. The Bertz CT molecular complexity index is 5380. The molecule has 2 aliphatic heterocycles. The number of carbonyl (C=O) groups excluding carboxylic acids is 1. The number of pyridine rings is 5. The molecule has 14 rings (SSSR count). The van der Waals surface area contributed by atoms with Crippen LogP contribution < -0.4 is 201 Å². The van der Waals surface area contributed by atoms with Gasteiger partial charge >= 0.3 is 159 Å². The monoisotopic (exact) mass is 2060 g/mol. The molecule has 0 radical (unpaired) electrons. The Hall–Kier alpha value is -6.59. The van der Waals surface area contributed by atoms with E-state index in [4.69, 9.17) is 83.1 Å². The molecule has 0 unspecified atom stereocenters. The Morgan fingerprint density at radius 3 is 1.24 bits per heavy atom. The summed E-state index contributed by atoms with van der Waals surface area (Å²) in [6.45, 7) is 18.7. The van der Waals surface area contributed by atoms with Gasteiger partial charge < -0.3 is 97.9 Å². The summed E-state index contributed by atoms with van der Waals surface area (Å²) in [5, 5.41) is 41.0. The molecule has 0 spiro atoms. The minimum absolute atomic E-state index is 0. The molecule has 0 aliphatic carbocycles. The Balaban J connectivity index is 0.000000246. The maximum Gasteiger partial charge on any atom is 1.00 e. The molecule has 123 heavy (non-hydrogen) atoms.